The van der Waals surface area contributed by atoms with Gasteiger partial charge in [-0.2, -0.15) is 0 Å². The molecule has 2 aromatic rings. The molecule has 0 aromatic heterocycles. The van der Waals surface area contributed by atoms with Crippen molar-refractivity contribution in [3.8, 4) is 0 Å². The lowest BCUT2D eigenvalue weighted by Gasteiger charge is -2.18. The molecule has 2 rings (SSSR count). The van der Waals surface area contributed by atoms with Gasteiger partial charge in [-0.05, 0) is 67.5 Å². The van der Waals surface area contributed by atoms with Gasteiger partial charge in [0.1, 0.15) is 0 Å². The van der Waals surface area contributed by atoms with E-state index in [2.05, 4.69) is 45.9 Å². The van der Waals surface area contributed by atoms with Crippen LogP contribution in [0.5, 0.6) is 0 Å². The van der Waals surface area contributed by atoms with Gasteiger partial charge < -0.3 is 9.79 Å². The van der Waals surface area contributed by atoms with E-state index in [4.69, 9.17) is 0 Å². The molecule has 0 saturated carbocycles. The molecule has 0 aliphatic heterocycles. The minimum Gasteiger partial charge on any atom is -0.347 e. The molecule has 21 heavy (non-hydrogen) atoms. The second kappa shape index (κ2) is 6.70. The van der Waals surface area contributed by atoms with Crippen molar-refractivity contribution in [3.63, 3.8) is 0 Å². The molecular formula is C18H23O2P. The van der Waals surface area contributed by atoms with Crippen LogP contribution in [0.4, 0.5) is 0 Å². The number of hydrogen-bond donors (Lipinski definition) is 2. The Bertz CT molecular complexity index is 625. The van der Waals surface area contributed by atoms with Gasteiger partial charge in [-0.15, -0.1) is 0 Å². The first kappa shape index (κ1) is 16.2. The van der Waals surface area contributed by atoms with Gasteiger partial charge in [-0.3, -0.25) is 0 Å². The SMILES string of the molecule is CCc1cccc(P(O)O)c1Cc1c(C)cc(C)cc1C. The third kappa shape index (κ3) is 3.52. The van der Waals surface area contributed by atoms with E-state index in [1.807, 2.05) is 12.1 Å². The van der Waals surface area contributed by atoms with Crippen molar-refractivity contribution in [2.24, 2.45) is 0 Å². The summed E-state index contributed by atoms with van der Waals surface area (Å²) in [5.74, 6) is 0. The van der Waals surface area contributed by atoms with E-state index in [0.717, 1.165) is 18.4 Å². The summed E-state index contributed by atoms with van der Waals surface area (Å²) in [5, 5.41) is 0.684. The number of hydrogen-bond acceptors (Lipinski definition) is 2. The largest absolute Gasteiger partial charge is 0.347 e. The average molecular weight is 302 g/mol. The maximum absolute atomic E-state index is 9.71. The highest BCUT2D eigenvalue weighted by molar-refractivity contribution is 7.54. The van der Waals surface area contributed by atoms with Crippen LogP contribution in [0.15, 0.2) is 30.3 Å². The van der Waals surface area contributed by atoms with Gasteiger partial charge in [0.25, 0.3) is 0 Å². The van der Waals surface area contributed by atoms with Crippen LogP contribution in [0.1, 0.15) is 40.3 Å². The number of aryl methyl sites for hydroxylation is 4. The highest BCUT2D eigenvalue weighted by Crippen LogP contribution is 2.29. The van der Waals surface area contributed by atoms with E-state index in [1.165, 1.54) is 27.8 Å². The fourth-order valence-corrected chi connectivity index (χ4v) is 3.69. The summed E-state index contributed by atoms with van der Waals surface area (Å²) in [6.45, 7) is 8.47. The average Bonchev–Trinajstić information content (AvgIpc) is 2.42. The number of rotatable bonds is 4. The van der Waals surface area contributed by atoms with Gasteiger partial charge >= 0.3 is 0 Å². The highest BCUT2D eigenvalue weighted by atomic mass is 31.2. The lowest BCUT2D eigenvalue weighted by atomic mass is 9.91. The van der Waals surface area contributed by atoms with Crippen LogP contribution in [0.25, 0.3) is 0 Å². The third-order valence-corrected chi connectivity index (χ3v) is 4.89. The van der Waals surface area contributed by atoms with E-state index >= 15 is 0 Å². The van der Waals surface area contributed by atoms with Gasteiger partial charge in [0.2, 0.25) is 0 Å². The fraction of sp³-hybridized carbons (Fsp3) is 0.333. The van der Waals surface area contributed by atoms with Crippen molar-refractivity contribution < 1.29 is 9.79 Å². The fourth-order valence-electron chi connectivity index (χ4n) is 3.01. The summed E-state index contributed by atoms with van der Waals surface area (Å²) in [6, 6.07) is 10.2. The number of benzene rings is 2. The van der Waals surface area contributed by atoms with Gasteiger partial charge in [-0.1, -0.05) is 36.8 Å². The second-order valence-electron chi connectivity index (χ2n) is 5.61. The summed E-state index contributed by atoms with van der Waals surface area (Å²) in [5.41, 5.74) is 7.37. The molecule has 0 atom stereocenters. The van der Waals surface area contributed by atoms with Crippen LogP contribution in [0.2, 0.25) is 0 Å². The topological polar surface area (TPSA) is 40.5 Å². The molecule has 0 amide bonds. The monoisotopic (exact) mass is 302 g/mol. The lowest BCUT2D eigenvalue weighted by Crippen LogP contribution is -2.13. The molecule has 3 heteroatoms. The molecule has 2 N–H and O–H groups in total. The zero-order valence-electron chi connectivity index (χ0n) is 13.1. The van der Waals surface area contributed by atoms with Gasteiger partial charge in [0.15, 0.2) is 8.38 Å². The van der Waals surface area contributed by atoms with Crippen LogP contribution in [0.3, 0.4) is 0 Å². The molecule has 0 saturated heterocycles. The minimum absolute atomic E-state index is 0.684. The molecule has 0 bridgehead atoms. The molecule has 0 unspecified atom stereocenters. The predicted molar refractivity (Wildman–Crippen MR) is 90.3 cm³/mol. The molecule has 0 aliphatic rings. The summed E-state index contributed by atoms with van der Waals surface area (Å²) in [7, 11) is -2.06. The van der Waals surface area contributed by atoms with Gasteiger partial charge in [-0.25, -0.2) is 0 Å². The maximum Gasteiger partial charge on any atom is 0.199 e. The van der Waals surface area contributed by atoms with E-state index in [-0.39, 0.29) is 0 Å². The minimum atomic E-state index is -2.06. The lowest BCUT2D eigenvalue weighted by molar-refractivity contribution is 0.496. The normalized spacial score (nSPS) is 11.2. The zero-order chi connectivity index (χ0) is 15.6. The summed E-state index contributed by atoms with van der Waals surface area (Å²) < 4.78 is 0. The Hall–Kier alpha value is -1.21. The molecule has 0 aliphatic carbocycles. The molecule has 0 spiro atoms. The Morgan fingerprint density at radius 2 is 1.57 bits per heavy atom. The quantitative estimate of drug-likeness (QED) is 0.846. The molecule has 2 nitrogen and oxygen atoms in total. The summed E-state index contributed by atoms with van der Waals surface area (Å²) in [4.78, 5) is 19.4. The molecular weight excluding hydrogens is 279 g/mol. The zero-order valence-corrected chi connectivity index (χ0v) is 14.0. The van der Waals surface area contributed by atoms with Crippen LogP contribution in [-0.4, -0.2) is 9.79 Å². The van der Waals surface area contributed by atoms with Crippen molar-refractivity contribution in [2.75, 3.05) is 0 Å². The van der Waals surface area contributed by atoms with E-state index in [1.54, 1.807) is 0 Å². The maximum atomic E-state index is 9.71. The van der Waals surface area contributed by atoms with Crippen LogP contribution >= 0.6 is 8.38 Å². The van der Waals surface area contributed by atoms with E-state index in [0.29, 0.717) is 5.30 Å². The Morgan fingerprint density at radius 3 is 2.10 bits per heavy atom. The van der Waals surface area contributed by atoms with Crippen molar-refractivity contribution in [1.29, 1.82) is 0 Å². The smallest absolute Gasteiger partial charge is 0.199 e. The predicted octanol–water partition coefficient (Wildman–Crippen LogP) is 3.69. The Morgan fingerprint density at radius 1 is 0.952 bits per heavy atom. The van der Waals surface area contributed by atoms with Crippen LogP contribution < -0.4 is 5.30 Å². The molecule has 0 heterocycles. The van der Waals surface area contributed by atoms with Crippen molar-refractivity contribution in [3.05, 3.63) is 63.7 Å². The highest BCUT2D eigenvalue weighted by Gasteiger charge is 2.16. The Kier molecular flexibility index (Phi) is 5.16. The summed E-state index contributed by atoms with van der Waals surface area (Å²) >= 11 is 0. The van der Waals surface area contributed by atoms with Crippen molar-refractivity contribution in [1.82, 2.24) is 0 Å². The summed E-state index contributed by atoms with van der Waals surface area (Å²) in [6.07, 6.45) is 1.66. The second-order valence-corrected chi connectivity index (χ2v) is 6.67. The first-order valence-corrected chi connectivity index (χ1v) is 8.54. The van der Waals surface area contributed by atoms with Crippen LogP contribution in [0, 0.1) is 20.8 Å². The first-order valence-electron chi connectivity index (χ1n) is 7.29. The Labute approximate surface area is 128 Å². The van der Waals surface area contributed by atoms with Crippen molar-refractivity contribution >= 4 is 13.7 Å². The molecule has 0 fully saturated rings. The molecule has 112 valence electrons. The van der Waals surface area contributed by atoms with Gasteiger partial charge in [0.05, 0.1) is 0 Å². The standard InChI is InChI=1S/C18H23O2P/c1-5-15-7-6-8-18(21(19)20)17(15)11-16-13(3)9-12(2)10-14(16)4/h6-10,19-20H,5,11H2,1-4H3. The third-order valence-electron chi connectivity index (χ3n) is 4.04. The van der Waals surface area contributed by atoms with Crippen molar-refractivity contribution in [2.45, 2.75) is 40.5 Å². The first-order chi connectivity index (χ1) is 9.93. The Balaban J connectivity index is 2.53. The van der Waals surface area contributed by atoms with E-state index in [9.17, 15) is 9.79 Å². The molecule has 0 radical (unpaired) electrons. The van der Waals surface area contributed by atoms with Crippen LogP contribution in [-0.2, 0) is 12.8 Å². The molecule has 2 aromatic carbocycles. The van der Waals surface area contributed by atoms with Gasteiger partial charge in [0, 0.05) is 5.30 Å². The van der Waals surface area contributed by atoms with E-state index < -0.39 is 8.38 Å².